The molecule has 6 heteroatoms. The molecule has 2 aliphatic heterocycles. The van der Waals surface area contributed by atoms with Gasteiger partial charge in [-0.3, -0.25) is 14.5 Å². The fourth-order valence-corrected chi connectivity index (χ4v) is 4.32. The fourth-order valence-electron chi connectivity index (χ4n) is 4.32. The van der Waals surface area contributed by atoms with Crippen molar-refractivity contribution in [2.75, 3.05) is 37.6 Å². The summed E-state index contributed by atoms with van der Waals surface area (Å²) in [5.74, 6) is -0.284. The van der Waals surface area contributed by atoms with Gasteiger partial charge in [0, 0.05) is 43.8 Å². The van der Waals surface area contributed by atoms with Gasteiger partial charge in [0.15, 0.2) is 5.78 Å². The van der Waals surface area contributed by atoms with E-state index in [4.69, 9.17) is 0 Å². The molecule has 2 saturated heterocycles. The zero-order chi connectivity index (χ0) is 19.6. The van der Waals surface area contributed by atoms with Crippen molar-refractivity contribution in [3.63, 3.8) is 0 Å². The molecule has 0 radical (unpaired) electrons. The Balaban J connectivity index is 1.56. The van der Waals surface area contributed by atoms with Crippen LogP contribution in [0.4, 0.5) is 10.1 Å². The van der Waals surface area contributed by atoms with Crippen LogP contribution < -0.4 is 4.90 Å². The zero-order valence-corrected chi connectivity index (χ0v) is 16.6. The van der Waals surface area contributed by atoms with E-state index in [1.165, 1.54) is 19.4 Å². The summed E-state index contributed by atoms with van der Waals surface area (Å²) in [6.07, 6.45) is 3.36. The number of Topliss-reactive ketones (excluding diaryl/α,β-unsaturated/α-hetero) is 1. The Morgan fingerprint density at radius 2 is 1.70 bits per heavy atom. The van der Waals surface area contributed by atoms with E-state index in [1.807, 2.05) is 4.90 Å². The molecule has 2 aliphatic rings. The Bertz CT molecular complexity index is 691. The molecule has 0 aromatic heterocycles. The molecule has 148 valence electrons. The molecule has 3 rings (SSSR count). The smallest absolute Gasteiger partial charge is 0.237 e. The van der Waals surface area contributed by atoms with E-state index < -0.39 is 0 Å². The number of rotatable bonds is 4. The number of carbonyl (C=O) groups is 2. The third kappa shape index (κ3) is 4.49. The number of benzene rings is 1. The van der Waals surface area contributed by atoms with Crippen LogP contribution in [0.15, 0.2) is 18.2 Å². The molecule has 1 amide bonds. The van der Waals surface area contributed by atoms with Gasteiger partial charge in [0.2, 0.25) is 5.91 Å². The minimum Gasteiger partial charge on any atom is -0.367 e. The van der Waals surface area contributed by atoms with Crippen LogP contribution in [0.2, 0.25) is 0 Å². The van der Waals surface area contributed by atoms with Crippen molar-refractivity contribution >= 4 is 17.4 Å². The molecule has 1 aromatic rings. The third-order valence-corrected chi connectivity index (χ3v) is 5.91. The quantitative estimate of drug-likeness (QED) is 0.759. The molecule has 0 spiro atoms. The van der Waals surface area contributed by atoms with Crippen LogP contribution in [0.3, 0.4) is 0 Å². The predicted octanol–water partition coefficient (Wildman–Crippen LogP) is 2.94. The third-order valence-electron chi connectivity index (χ3n) is 5.91. The van der Waals surface area contributed by atoms with Gasteiger partial charge < -0.3 is 9.80 Å². The Hall–Kier alpha value is -1.95. The number of nitrogens with zero attached hydrogens (tertiary/aromatic N) is 3. The lowest BCUT2D eigenvalue weighted by molar-refractivity contribution is -0.138. The van der Waals surface area contributed by atoms with Crippen LogP contribution in [0, 0.1) is 5.82 Å². The number of amides is 1. The largest absolute Gasteiger partial charge is 0.367 e. The second-order valence-electron chi connectivity index (χ2n) is 7.92. The van der Waals surface area contributed by atoms with Gasteiger partial charge >= 0.3 is 0 Å². The standard InChI is InChI=1S/C21H30FN3O2/c1-15-5-4-6-16(2)25(15)21(27)14-23-9-11-24(12-10-23)20-8-7-18(17(3)26)13-19(20)22/h7-8,13,15-16H,4-6,9-12,14H2,1-3H3. The zero-order valence-electron chi connectivity index (χ0n) is 16.6. The predicted molar refractivity (Wildman–Crippen MR) is 105 cm³/mol. The second-order valence-corrected chi connectivity index (χ2v) is 7.92. The number of halogens is 1. The molecule has 2 heterocycles. The highest BCUT2D eigenvalue weighted by Crippen LogP contribution is 2.24. The maximum absolute atomic E-state index is 14.4. The molecule has 0 aliphatic carbocycles. The number of piperazine rings is 1. The van der Waals surface area contributed by atoms with Crippen molar-refractivity contribution in [1.82, 2.24) is 9.80 Å². The number of carbonyl (C=O) groups excluding carboxylic acids is 2. The van der Waals surface area contributed by atoms with Crippen LogP contribution in [0.5, 0.6) is 0 Å². The Morgan fingerprint density at radius 3 is 2.26 bits per heavy atom. The summed E-state index contributed by atoms with van der Waals surface area (Å²) >= 11 is 0. The first kappa shape index (κ1) is 19.8. The molecule has 0 N–H and O–H groups in total. The number of hydrogen-bond acceptors (Lipinski definition) is 4. The van der Waals surface area contributed by atoms with Crippen LogP contribution in [0.1, 0.15) is 50.4 Å². The summed E-state index contributed by atoms with van der Waals surface area (Å²) < 4.78 is 14.4. The summed E-state index contributed by atoms with van der Waals surface area (Å²) in [7, 11) is 0. The Kier molecular flexibility index (Phi) is 6.15. The fraction of sp³-hybridized carbons (Fsp3) is 0.619. The van der Waals surface area contributed by atoms with Crippen molar-refractivity contribution < 1.29 is 14.0 Å². The molecule has 2 unspecified atom stereocenters. The monoisotopic (exact) mass is 375 g/mol. The van der Waals surface area contributed by atoms with E-state index in [0.29, 0.717) is 43.0 Å². The van der Waals surface area contributed by atoms with Crippen molar-refractivity contribution in [1.29, 1.82) is 0 Å². The van der Waals surface area contributed by atoms with Crippen molar-refractivity contribution in [2.24, 2.45) is 0 Å². The lowest BCUT2D eigenvalue weighted by atomic mass is 9.97. The normalized spacial score (nSPS) is 24.1. The van der Waals surface area contributed by atoms with E-state index in [1.54, 1.807) is 12.1 Å². The van der Waals surface area contributed by atoms with Crippen LogP contribution >= 0.6 is 0 Å². The molecule has 1 aromatic carbocycles. The van der Waals surface area contributed by atoms with Gasteiger partial charge in [-0.05, 0) is 58.2 Å². The van der Waals surface area contributed by atoms with Crippen LogP contribution in [-0.4, -0.2) is 66.3 Å². The van der Waals surface area contributed by atoms with Gasteiger partial charge in [0.05, 0.1) is 12.2 Å². The molecule has 2 fully saturated rings. The number of piperidine rings is 1. The van der Waals surface area contributed by atoms with Crippen molar-refractivity contribution in [2.45, 2.75) is 52.1 Å². The van der Waals surface area contributed by atoms with E-state index in [0.717, 1.165) is 25.9 Å². The van der Waals surface area contributed by atoms with Crippen molar-refractivity contribution in [3.05, 3.63) is 29.6 Å². The van der Waals surface area contributed by atoms with Gasteiger partial charge in [0.1, 0.15) is 5.82 Å². The average molecular weight is 375 g/mol. The summed E-state index contributed by atoms with van der Waals surface area (Å²) in [6, 6.07) is 5.31. The Labute approximate surface area is 161 Å². The number of likely N-dealkylation sites (tertiary alicyclic amines) is 1. The summed E-state index contributed by atoms with van der Waals surface area (Å²) in [4.78, 5) is 30.4. The summed E-state index contributed by atoms with van der Waals surface area (Å²) in [5, 5.41) is 0. The molecular formula is C21H30FN3O2. The summed E-state index contributed by atoms with van der Waals surface area (Å²) in [6.45, 7) is 8.97. The number of hydrogen-bond donors (Lipinski definition) is 0. The number of anilines is 1. The highest BCUT2D eigenvalue weighted by molar-refractivity contribution is 5.94. The molecule has 27 heavy (non-hydrogen) atoms. The SMILES string of the molecule is CC(=O)c1ccc(N2CCN(CC(=O)N3C(C)CCCC3C)CC2)c(F)c1. The molecular weight excluding hydrogens is 345 g/mol. The molecule has 2 atom stereocenters. The average Bonchev–Trinajstić information content (AvgIpc) is 2.62. The van der Waals surface area contributed by atoms with Gasteiger partial charge in [-0.25, -0.2) is 4.39 Å². The highest BCUT2D eigenvalue weighted by atomic mass is 19.1. The lowest BCUT2D eigenvalue weighted by Crippen LogP contribution is -2.54. The van der Waals surface area contributed by atoms with E-state index in [-0.39, 0.29) is 17.5 Å². The molecule has 0 bridgehead atoms. The van der Waals surface area contributed by atoms with E-state index >= 15 is 0 Å². The van der Waals surface area contributed by atoms with Gasteiger partial charge in [0.25, 0.3) is 0 Å². The van der Waals surface area contributed by atoms with Crippen LogP contribution in [0.25, 0.3) is 0 Å². The van der Waals surface area contributed by atoms with E-state index in [2.05, 4.69) is 23.6 Å². The first-order chi connectivity index (χ1) is 12.9. The maximum atomic E-state index is 14.4. The summed E-state index contributed by atoms with van der Waals surface area (Å²) in [5.41, 5.74) is 0.925. The molecule has 5 nitrogen and oxygen atoms in total. The second kappa shape index (κ2) is 8.38. The van der Waals surface area contributed by atoms with Crippen LogP contribution in [-0.2, 0) is 4.79 Å². The Morgan fingerprint density at radius 1 is 1.07 bits per heavy atom. The topological polar surface area (TPSA) is 43.9 Å². The lowest BCUT2D eigenvalue weighted by Gasteiger charge is -2.41. The van der Waals surface area contributed by atoms with Gasteiger partial charge in [-0.15, -0.1) is 0 Å². The van der Waals surface area contributed by atoms with Gasteiger partial charge in [-0.2, -0.15) is 0 Å². The van der Waals surface area contributed by atoms with Gasteiger partial charge in [-0.1, -0.05) is 0 Å². The first-order valence-corrected chi connectivity index (χ1v) is 9.95. The minimum atomic E-state index is -0.358. The minimum absolute atomic E-state index is 0.134. The number of ketones is 1. The maximum Gasteiger partial charge on any atom is 0.237 e. The van der Waals surface area contributed by atoms with E-state index in [9.17, 15) is 14.0 Å². The highest BCUT2D eigenvalue weighted by Gasteiger charge is 2.30. The van der Waals surface area contributed by atoms with Crippen molar-refractivity contribution in [3.8, 4) is 0 Å². The molecule has 0 saturated carbocycles. The first-order valence-electron chi connectivity index (χ1n) is 9.95.